The van der Waals surface area contributed by atoms with Crippen LogP contribution >= 0.6 is 0 Å². The molecule has 8 nitrogen and oxygen atoms in total. The van der Waals surface area contributed by atoms with Crippen LogP contribution in [0, 0.1) is 12.7 Å². The fraction of sp³-hybridized carbons (Fsp3) is 0.407. The van der Waals surface area contributed by atoms with Crippen molar-refractivity contribution >= 4 is 11.2 Å². The number of imidazole rings is 1. The molecule has 0 spiro atoms. The molecule has 2 aliphatic heterocycles. The molecule has 0 saturated carbocycles. The quantitative estimate of drug-likeness (QED) is 0.398. The second-order valence-electron chi connectivity index (χ2n) is 9.75. The summed E-state index contributed by atoms with van der Waals surface area (Å²) in [6, 6.07) is 10.3. The van der Waals surface area contributed by atoms with Gasteiger partial charge in [-0.25, -0.2) is 9.37 Å². The zero-order valence-electron chi connectivity index (χ0n) is 20.7. The van der Waals surface area contributed by atoms with Crippen LogP contribution in [-0.4, -0.2) is 61.7 Å². The minimum atomic E-state index is -0.319. The van der Waals surface area contributed by atoms with E-state index in [0.717, 1.165) is 18.4 Å². The number of rotatable bonds is 6. The van der Waals surface area contributed by atoms with E-state index in [1.54, 1.807) is 18.5 Å². The molecule has 2 aliphatic rings. The lowest BCUT2D eigenvalue weighted by molar-refractivity contribution is 0.0659. The van der Waals surface area contributed by atoms with Gasteiger partial charge in [0.15, 0.2) is 5.65 Å². The normalized spacial score (nSPS) is 21.7. The Bertz CT molecular complexity index is 1390. The van der Waals surface area contributed by atoms with Gasteiger partial charge in [-0.1, -0.05) is 6.07 Å². The smallest absolute Gasteiger partial charge is 0.318 e. The van der Waals surface area contributed by atoms with E-state index in [1.165, 1.54) is 26.0 Å². The molecule has 0 radical (unpaired) electrons. The topological polar surface area (TPSA) is 78.2 Å². The molecule has 2 saturated heterocycles. The molecule has 0 aliphatic carbocycles. The fourth-order valence-electron chi connectivity index (χ4n) is 5.62. The first kappa shape index (κ1) is 22.8. The molecule has 0 amide bonds. The van der Waals surface area contributed by atoms with E-state index in [9.17, 15) is 0 Å². The number of fused-ring (bicyclic) bond motifs is 3. The summed E-state index contributed by atoms with van der Waals surface area (Å²) in [5.41, 5.74) is 3.25. The Morgan fingerprint density at radius 3 is 2.58 bits per heavy atom. The molecule has 4 aromatic rings. The third kappa shape index (κ3) is 4.07. The van der Waals surface area contributed by atoms with Crippen molar-refractivity contribution in [3.05, 3.63) is 59.8 Å². The minimum Gasteiger partial charge on any atom is -0.490 e. The van der Waals surface area contributed by atoms with Gasteiger partial charge in [-0.15, -0.1) is 0 Å². The van der Waals surface area contributed by atoms with E-state index in [1.807, 2.05) is 29.7 Å². The Morgan fingerprint density at radius 1 is 1.08 bits per heavy atom. The zero-order valence-corrected chi connectivity index (χ0v) is 20.7. The molecule has 2 atom stereocenters. The van der Waals surface area contributed by atoms with Crippen molar-refractivity contribution in [3.63, 3.8) is 0 Å². The van der Waals surface area contributed by atoms with Gasteiger partial charge >= 0.3 is 6.01 Å². The molecule has 5 heterocycles. The van der Waals surface area contributed by atoms with Gasteiger partial charge in [-0.3, -0.25) is 4.98 Å². The predicted octanol–water partition coefficient (Wildman–Crippen LogP) is 4.40. The molecule has 36 heavy (non-hydrogen) atoms. The van der Waals surface area contributed by atoms with Gasteiger partial charge in [0.25, 0.3) is 0 Å². The van der Waals surface area contributed by atoms with Crippen LogP contribution < -0.4 is 9.47 Å². The summed E-state index contributed by atoms with van der Waals surface area (Å²) in [6.07, 6.45) is 8.00. The Morgan fingerprint density at radius 2 is 1.89 bits per heavy atom. The number of aromatic nitrogens is 5. The number of pyridine rings is 1. The molecule has 2 bridgehead atoms. The molecule has 9 heteroatoms. The van der Waals surface area contributed by atoms with Crippen LogP contribution in [0.25, 0.3) is 22.6 Å². The summed E-state index contributed by atoms with van der Waals surface area (Å²) in [5.74, 6) is 0.901. The number of piperidine rings is 1. The van der Waals surface area contributed by atoms with Gasteiger partial charge in [0.05, 0.1) is 19.3 Å². The number of nitrogens with zero attached hydrogens (tertiary/aromatic N) is 6. The van der Waals surface area contributed by atoms with Gasteiger partial charge < -0.3 is 18.9 Å². The highest BCUT2D eigenvalue weighted by Gasteiger charge is 2.39. The van der Waals surface area contributed by atoms with E-state index in [0.29, 0.717) is 46.1 Å². The van der Waals surface area contributed by atoms with Crippen molar-refractivity contribution in [2.45, 2.75) is 57.3 Å². The van der Waals surface area contributed by atoms with Crippen molar-refractivity contribution in [1.29, 1.82) is 0 Å². The maximum Gasteiger partial charge on any atom is 0.318 e. The van der Waals surface area contributed by atoms with Crippen LogP contribution in [0.5, 0.6) is 11.8 Å². The molecular weight excluding hydrogens is 459 g/mol. The maximum atomic E-state index is 15.4. The summed E-state index contributed by atoms with van der Waals surface area (Å²) in [4.78, 5) is 20.4. The number of ether oxygens (including phenoxy) is 2. The SMILES string of the molecule is COc1nc(C)c2nc(-c3cccnc3)n(Cc3ccc(OC4CC5CCC(C4)N5C)cc3F)c2n1. The highest BCUT2D eigenvalue weighted by atomic mass is 19.1. The first-order valence-corrected chi connectivity index (χ1v) is 12.4. The third-order valence-corrected chi connectivity index (χ3v) is 7.56. The largest absolute Gasteiger partial charge is 0.490 e. The van der Waals surface area contributed by atoms with Crippen LogP contribution in [0.3, 0.4) is 0 Å². The number of halogens is 1. The van der Waals surface area contributed by atoms with Gasteiger partial charge in [-0.05, 0) is 57.9 Å². The van der Waals surface area contributed by atoms with Crippen LogP contribution in [0.15, 0.2) is 42.7 Å². The molecule has 186 valence electrons. The summed E-state index contributed by atoms with van der Waals surface area (Å²) in [5, 5.41) is 0. The van der Waals surface area contributed by atoms with Crippen LogP contribution in [-0.2, 0) is 6.54 Å². The zero-order chi connectivity index (χ0) is 24.8. The van der Waals surface area contributed by atoms with Crippen molar-refractivity contribution in [3.8, 4) is 23.1 Å². The highest BCUT2D eigenvalue weighted by Crippen LogP contribution is 2.36. The monoisotopic (exact) mass is 488 g/mol. The van der Waals surface area contributed by atoms with Gasteiger partial charge in [-0.2, -0.15) is 9.97 Å². The van der Waals surface area contributed by atoms with Crippen LogP contribution in [0.4, 0.5) is 4.39 Å². The highest BCUT2D eigenvalue weighted by molar-refractivity contribution is 5.79. The van der Waals surface area contributed by atoms with E-state index < -0.39 is 0 Å². The van der Waals surface area contributed by atoms with Gasteiger partial charge in [0.1, 0.15) is 29.0 Å². The fourth-order valence-corrected chi connectivity index (χ4v) is 5.62. The second-order valence-corrected chi connectivity index (χ2v) is 9.75. The molecular formula is C27H29FN6O2. The first-order chi connectivity index (χ1) is 17.5. The Hall–Kier alpha value is -3.59. The molecule has 6 rings (SSSR count). The average molecular weight is 489 g/mol. The molecule has 2 unspecified atom stereocenters. The summed E-state index contributed by atoms with van der Waals surface area (Å²) < 4.78 is 28.8. The number of benzene rings is 1. The first-order valence-electron chi connectivity index (χ1n) is 12.4. The lowest BCUT2D eigenvalue weighted by Gasteiger charge is -2.36. The summed E-state index contributed by atoms with van der Waals surface area (Å²) in [6.45, 7) is 2.10. The summed E-state index contributed by atoms with van der Waals surface area (Å²) >= 11 is 0. The van der Waals surface area contributed by atoms with Crippen molar-refractivity contribution < 1.29 is 13.9 Å². The van der Waals surface area contributed by atoms with E-state index in [4.69, 9.17) is 14.5 Å². The van der Waals surface area contributed by atoms with Crippen LogP contribution in [0.1, 0.15) is 36.9 Å². The Balaban J connectivity index is 1.32. The lowest BCUT2D eigenvalue weighted by atomic mass is 10.0. The summed E-state index contributed by atoms with van der Waals surface area (Å²) in [7, 11) is 3.73. The Kier molecular flexibility index (Phi) is 5.79. The van der Waals surface area contributed by atoms with E-state index in [-0.39, 0.29) is 24.5 Å². The third-order valence-electron chi connectivity index (χ3n) is 7.56. The second kappa shape index (κ2) is 9.13. The van der Waals surface area contributed by atoms with Crippen molar-refractivity contribution in [2.24, 2.45) is 0 Å². The van der Waals surface area contributed by atoms with E-state index in [2.05, 4.69) is 26.9 Å². The maximum absolute atomic E-state index is 15.4. The standard InChI is InChI=1S/C27H29FN6O2/c1-16-24-26(32-27(30-16)35-3)34(25(31-24)17-5-4-10-29-14-17)15-18-6-9-21(13-23(18)28)36-22-11-19-7-8-20(12-22)33(19)2/h4-6,9-10,13-14,19-20,22H,7-8,11-12,15H2,1-3H3. The lowest BCUT2D eigenvalue weighted by Crippen LogP contribution is -2.43. The number of methoxy groups -OCH3 is 1. The van der Waals surface area contributed by atoms with Crippen molar-refractivity contribution in [2.75, 3.05) is 14.2 Å². The van der Waals surface area contributed by atoms with Gasteiger partial charge in [0.2, 0.25) is 0 Å². The minimum absolute atomic E-state index is 0.130. The molecule has 2 fully saturated rings. The number of hydrogen-bond donors (Lipinski definition) is 0. The molecule has 0 N–H and O–H groups in total. The predicted molar refractivity (Wildman–Crippen MR) is 134 cm³/mol. The molecule has 1 aromatic carbocycles. The van der Waals surface area contributed by atoms with E-state index >= 15 is 4.39 Å². The van der Waals surface area contributed by atoms with Crippen LogP contribution in [0.2, 0.25) is 0 Å². The van der Waals surface area contributed by atoms with Gasteiger partial charge in [0, 0.05) is 41.7 Å². The average Bonchev–Trinajstić information content (AvgIpc) is 3.33. The number of hydrogen-bond acceptors (Lipinski definition) is 7. The Labute approximate surface area is 209 Å². The van der Waals surface area contributed by atoms with Crippen molar-refractivity contribution in [1.82, 2.24) is 29.4 Å². The number of aryl methyl sites for hydroxylation is 1. The molecule has 3 aromatic heterocycles.